The van der Waals surface area contributed by atoms with Gasteiger partial charge in [-0.2, -0.15) is 0 Å². The first-order valence-electron chi connectivity index (χ1n) is 17.0. The van der Waals surface area contributed by atoms with E-state index in [9.17, 15) is 29.1 Å². The number of nitrogens with zero attached hydrogens (tertiary/aromatic N) is 2. The van der Waals surface area contributed by atoms with Crippen molar-refractivity contribution in [3.05, 3.63) is 92.9 Å². The molecule has 52 heavy (non-hydrogen) atoms. The number of anilines is 1. The Morgan fingerprint density at radius 3 is 2.10 bits per heavy atom. The molecule has 5 amide bonds. The fourth-order valence-corrected chi connectivity index (χ4v) is 6.33. The van der Waals surface area contributed by atoms with Crippen LogP contribution in [0.5, 0.6) is 5.75 Å². The van der Waals surface area contributed by atoms with Crippen molar-refractivity contribution >= 4 is 70.0 Å². The number of amides is 5. The number of phenolic OH excluding ortho intramolecular Hbond substituents is 1. The van der Waals surface area contributed by atoms with E-state index in [2.05, 4.69) is 16.0 Å². The highest BCUT2D eigenvalue weighted by Gasteiger charge is 2.33. The lowest BCUT2D eigenvalue weighted by molar-refractivity contribution is -0.137. The molecule has 1 aliphatic heterocycles. The highest BCUT2D eigenvalue weighted by atomic mass is 35.5. The zero-order valence-electron chi connectivity index (χ0n) is 28.9. The summed E-state index contributed by atoms with van der Waals surface area (Å²) in [6, 6.07) is 15.2. The van der Waals surface area contributed by atoms with Gasteiger partial charge in [-0.3, -0.25) is 24.0 Å². The van der Waals surface area contributed by atoms with Crippen molar-refractivity contribution in [1.82, 2.24) is 20.9 Å². The van der Waals surface area contributed by atoms with E-state index in [1.54, 1.807) is 71.3 Å². The third-order valence-electron chi connectivity index (χ3n) is 8.78. The number of likely N-dealkylation sites (tertiary alicyclic amines) is 1. The number of carbonyl (C=O) groups is 5. The number of nitrogens with two attached hydrogens (primary N) is 1. The molecule has 1 saturated heterocycles. The summed E-state index contributed by atoms with van der Waals surface area (Å²) in [4.78, 5) is 68.8. The molecule has 0 aromatic heterocycles. The van der Waals surface area contributed by atoms with Gasteiger partial charge in [0, 0.05) is 42.7 Å². The molecule has 0 aliphatic carbocycles. The fourth-order valence-electron chi connectivity index (χ4n) is 5.92. The van der Waals surface area contributed by atoms with Gasteiger partial charge in [0.1, 0.15) is 17.8 Å². The van der Waals surface area contributed by atoms with Crippen molar-refractivity contribution < 1.29 is 29.1 Å². The van der Waals surface area contributed by atoms with Crippen LogP contribution in [-0.2, 0) is 36.8 Å². The molecular formula is C37H43Cl3N6O6. The molecule has 0 unspecified atom stereocenters. The van der Waals surface area contributed by atoms with Crippen molar-refractivity contribution in [2.75, 3.05) is 24.5 Å². The molecule has 3 aromatic rings. The molecule has 4 rings (SSSR count). The van der Waals surface area contributed by atoms with E-state index < -0.39 is 42.4 Å². The molecule has 1 heterocycles. The van der Waals surface area contributed by atoms with E-state index >= 15 is 0 Å². The number of hydrogen-bond donors (Lipinski definition) is 5. The highest BCUT2D eigenvalue weighted by molar-refractivity contribution is 6.42. The van der Waals surface area contributed by atoms with Crippen molar-refractivity contribution in [3.8, 4) is 5.75 Å². The molecule has 3 aromatic carbocycles. The van der Waals surface area contributed by atoms with E-state index in [0.29, 0.717) is 46.7 Å². The molecule has 278 valence electrons. The van der Waals surface area contributed by atoms with Gasteiger partial charge in [0.2, 0.25) is 29.5 Å². The van der Waals surface area contributed by atoms with Crippen LogP contribution in [0.1, 0.15) is 44.2 Å². The Morgan fingerprint density at radius 1 is 0.865 bits per heavy atom. The Balaban J connectivity index is 1.35. The lowest BCUT2D eigenvalue weighted by atomic mass is 9.99. The van der Waals surface area contributed by atoms with Crippen LogP contribution in [0.4, 0.5) is 5.69 Å². The molecule has 3 atom stereocenters. The standard InChI is InChI=1S/C37H43Cl3N6O6/c1-3-34(49)46(27-10-13-29(39)30(40)20-27)26-14-16-45(17-15-26)37(52)32(19-24-4-8-25(38)9-5-24)44-33(48)21-42-35(50)22(2)43-36(51)31(41)18-23-6-11-28(47)12-7-23/h4-13,20,22,26,31-32,47H,3,14-19,21,41H2,1-2H3,(H,42,50)(H,43,51)(H,44,48)/t22-,31+,32+/m1/s1. The second-order valence-electron chi connectivity index (χ2n) is 12.6. The lowest BCUT2D eigenvalue weighted by Crippen LogP contribution is -2.56. The van der Waals surface area contributed by atoms with E-state index in [1.165, 1.54) is 19.1 Å². The summed E-state index contributed by atoms with van der Waals surface area (Å²) in [5, 5.41) is 18.5. The van der Waals surface area contributed by atoms with Gasteiger partial charge < -0.3 is 36.6 Å². The van der Waals surface area contributed by atoms with E-state index in [4.69, 9.17) is 40.5 Å². The quantitative estimate of drug-likeness (QED) is 0.165. The molecule has 1 aliphatic rings. The Morgan fingerprint density at radius 2 is 1.48 bits per heavy atom. The summed E-state index contributed by atoms with van der Waals surface area (Å²) in [7, 11) is 0. The maximum absolute atomic E-state index is 13.9. The summed E-state index contributed by atoms with van der Waals surface area (Å²) in [5.74, 6) is -2.07. The van der Waals surface area contributed by atoms with Gasteiger partial charge in [-0.05, 0) is 79.8 Å². The van der Waals surface area contributed by atoms with E-state index in [-0.39, 0.29) is 42.9 Å². The second kappa shape index (κ2) is 18.9. The SMILES string of the molecule is CCC(=O)N(c1ccc(Cl)c(Cl)c1)C1CCN(C(=O)[C@H](Cc2ccc(Cl)cc2)NC(=O)CNC(=O)[C@@H](C)NC(=O)[C@@H](N)Cc2ccc(O)cc2)CC1. The topological polar surface area (TPSA) is 174 Å². The number of halogens is 3. The largest absolute Gasteiger partial charge is 0.508 e. The first-order valence-corrected chi connectivity index (χ1v) is 18.1. The minimum absolute atomic E-state index is 0.0797. The molecule has 0 radical (unpaired) electrons. The Bertz CT molecular complexity index is 1730. The number of hydrogen-bond acceptors (Lipinski definition) is 7. The maximum Gasteiger partial charge on any atom is 0.245 e. The van der Waals surface area contributed by atoms with Crippen LogP contribution < -0.4 is 26.6 Å². The van der Waals surface area contributed by atoms with Crippen LogP contribution in [0.3, 0.4) is 0 Å². The summed E-state index contributed by atoms with van der Waals surface area (Å²) < 4.78 is 0. The highest BCUT2D eigenvalue weighted by Crippen LogP contribution is 2.31. The molecular weight excluding hydrogens is 731 g/mol. The van der Waals surface area contributed by atoms with Crippen molar-refractivity contribution in [2.45, 2.75) is 70.1 Å². The summed E-state index contributed by atoms with van der Waals surface area (Å²) in [6.45, 7) is 3.49. The summed E-state index contributed by atoms with van der Waals surface area (Å²) in [6.07, 6.45) is 1.64. The monoisotopic (exact) mass is 772 g/mol. The lowest BCUT2D eigenvalue weighted by Gasteiger charge is -2.39. The van der Waals surface area contributed by atoms with Crippen LogP contribution in [0, 0.1) is 0 Å². The number of piperidine rings is 1. The third-order valence-corrected chi connectivity index (χ3v) is 9.78. The number of aromatic hydroxyl groups is 1. The minimum Gasteiger partial charge on any atom is -0.508 e. The van der Waals surface area contributed by atoms with Crippen molar-refractivity contribution in [3.63, 3.8) is 0 Å². The molecule has 12 nitrogen and oxygen atoms in total. The number of nitrogens with one attached hydrogen (secondary N) is 3. The summed E-state index contributed by atoms with van der Waals surface area (Å²) >= 11 is 18.4. The average Bonchev–Trinajstić information content (AvgIpc) is 3.13. The number of phenols is 1. The Kier molecular flexibility index (Phi) is 14.7. The zero-order valence-corrected chi connectivity index (χ0v) is 31.2. The predicted molar refractivity (Wildman–Crippen MR) is 201 cm³/mol. The van der Waals surface area contributed by atoms with Gasteiger partial charge in [0.15, 0.2) is 0 Å². The normalized spacial score (nSPS) is 14.8. The van der Waals surface area contributed by atoms with Gasteiger partial charge >= 0.3 is 0 Å². The molecule has 0 bridgehead atoms. The molecule has 15 heteroatoms. The van der Waals surface area contributed by atoms with Crippen molar-refractivity contribution in [1.29, 1.82) is 0 Å². The van der Waals surface area contributed by atoms with Gasteiger partial charge in [-0.1, -0.05) is 66.0 Å². The van der Waals surface area contributed by atoms with Gasteiger partial charge in [0.05, 0.1) is 22.6 Å². The predicted octanol–water partition coefficient (Wildman–Crippen LogP) is 4.00. The van der Waals surface area contributed by atoms with Crippen LogP contribution in [-0.4, -0.2) is 83.3 Å². The number of rotatable bonds is 14. The Hall–Kier alpha value is -4.36. The zero-order chi connectivity index (χ0) is 37.9. The van der Waals surface area contributed by atoms with Gasteiger partial charge in [0.25, 0.3) is 0 Å². The average molecular weight is 774 g/mol. The van der Waals surface area contributed by atoms with Crippen molar-refractivity contribution in [2.24, 2.45) is 5.73 Å². The second-order valence-corrected chi connectivity index (χ2v) is 13.9. The smallest absolute Gasteiger partial charge is 0.245 e. The van der Waals surface area contributed by atoms with Crippen LogP contribution in [0.25, 0.3) is 0 Å². The first-order chi connectivity index (χ1) is 24.7. The van der Waals surface area contributed by atoms with Gasteiger partial charge in [-0.15, -0.1) is 0 Å². The van der Waals surface area contributed by atoms with Crippen LogP contribution >= 0.6 is 34.8 Å². The minimum atomic E-state index is -0.998. The first kappa shape index (κ1) is 40.4. The van der Waals surface area contributed by atoms with Crippen LogP contribution in [0.2, 0.25) is 15.1 Å². The summed E-state index contributed by atoms with van der Waals surface area (Å²) in [5.41, 5.74) is 8.14. The Labute approximate surface area is 317 Å². The molecule has 1 fully saturated rings. The van der Waals surface area contributed by atoms with Gasteiger partial charge in [-0.25, -0.2) is 0 Å². The fraction of sp³-hybridized carbons (Fsp3) is 0.378. The number of carbonyl (C=O) groups excluding carboxylic acids is 5. The molecule has 6 N–H and O–H groups in total. The van der Waals surface area contributed by atoms with E-state index in [1.807, 2.05) is 0 Å². The third kappa shape index (κ3) is 11.3. The number of benzene rings is 3. The molecule has 0 saturated carbocycles. The molecule has 0 spiro atoms. The van der Waals surface area contributed by atoms with E-state index in [0.717, 1.165) is 11.1 Å². The van der Waals surface area contributed by atoms with Crippen LogP contribution in [0.15, 0.2) is 66.7 Å². The maximum atomic E-state index is 13.9.